The van der Waals surface area contributed by atoms with Gasteiger partial charge in [-0.2, -0.15) is 0 Å². The molecule has 0 aliphatic rings. The van der Waals surface area contributed by atoms with Crippen molar-refractivity contribution in [2.45, 2.75) is 33.2 Å². The van der Waals surface area contributed by atoms with Gasteiger partial charge in [0.15, 0.2) is 5.13 Å². The van der Waals surface area contributed by atoms with Gasteiger partial charge in [0.2, 0.25) is 5.91 Å². The van der Waals surface area contributed by atoms with Crippen molar-refractivity contribution in [3.05, 3.63) is 65.0 Å². The van der Waals surface area contributed by atoms with Crippen molar-refractivity contribution in [1.29, 1.82) is 0 Å². The summed E-state index contributed by atoms with van der Waals surface area (Å²) < 4.78 is 0. The van der Waals surface area contributed by atoms with E-state index in [-0.39, 0.29) is 23.3 Å². The molecule has 0 aliphatic carbocycles. The zero-order chi connectivity index (χ0) is 22.6. The zero-order valence-electron chi connectivity index (χ0n) is 17.8. The van der Waals surface area contributed by atoms with Gasteiger partial charge >= 0.3 is 0 Å². The molecule has 2 aromatic carbocycles. The molecule has 7 nitrogen and oxygen atoms in total. The lowest BCUT2D eigenvalue weighted by Crippen LogP contribution is -2.40. The number of benzene rings is 2. The highest BCUT2D eigenvalue weighted by atomic mass is 32.1. The number of nitrogens with zero attached hydrogens (tertiary/aromatic N) is 1. The predicted octanol–water partition coefficient (Wildman–Crippen LogP) is 4.55. The fourth-order valence-corrected chi connectivity index (χ4v) is 3.46. The average Bonchev–Trinajstić information content (AvgIpc) is 3.15. The molecular weight excluding hydrogens is 412 g/mol. The largest absolute Gasteiger partial charge is 0.347 e. The van der Waals surface area contributed by atoms with Gasteiger partial charge in [-0.05, 0) is 57.2 Å². The van der Waals surface area contributed by atoms with E-state index in [2.05, 4.69) is 20.9 Å². The van der Waals surface area contributed by atoms with Crippen LogP contribution >= 0.6 is 11.3 Å². The van der Waals surface area contributed by atoms with E-state index in [1.165, 1.54) is 18.3 Å². The lowest BCUT2D eigenvalue weighted by atomic mass is 10.1. The summed E-state index contributed by atoms with van der Waals surface area (Å²) in [7, 11) is 0. The minimum Gasteiger partial charge on any atom is -0.347 e. The molecule has 0 aliphatic heterocycles. The lowest BCUT2D eigenvalue weighted by Gasteiger charge is -2.20. The van der Waals surface area contributed by atoms with E-state index in [0.29, 0.717) is 21.9 Å². The van der Waals surface area contributed by atoms with Crippen LogP contribution in [0.5, 0.6) is 0 Å². The second kappa shape index (κ2) is 9.09. The SMILES string of the molecule is CC(=O)Nc1ccc(-c2csc(NC(=O)c3ccc(C(=O)NC(C)(C)C)cc3)n2)cc1. The minimum absolute atomic E-state index is 0.130. The first-order chi connectivity index (χ1) is 14.6. The van der Waals surface area contributed by atoms with Crippen molar-refractivity contribution in [1.82, 2.24) is 10.3 Å². The van der Waals surface area contributed by atoms with Crippen LogP contribution in [0.1, 0.15) is 48.4 Å². The second-order valence-corrected chi connectivity index (χ2v) is 8.89. The van der Waals surface area contributed by atoms with E-state index >= 15 is 0 Å². The van der Waals surface area contributed by atoms with Crippen molar-refractivity contribution >= 4 is 39.9 Å². The molecule has 0 radical (unpaired) electrons. The van der Waals surface area contributed by atoms with Gasteiger partial charge in [0, 0.05) is 40.2 Å². The number of carbonyl (C=O) groups excluding carboxylic acids is 3. The number of hydrogen-bond acceptors (Lipinski definition) is 5. The maximum absolute atomic E-state index is 12.5. The Bertz CT molecular complexity index is 1100. The molecule has 3 N–H and O–H groups in total. The summed E-state index contributed by atoms with van der Waals surface area (Å²) in [4.78, 5) is 40.3. The molecule has 1 heterocycles. The van der Waals surface area contributed by atoms with Crippen LogP contribution in [0, 0.1) is 0 Å². The van der Waals surface area contributed by atoms with E-state index in [1.807, 2.05) is 38.3 Å². The van der Waals surface area contributed by atoms with E-state index in [1.54, 1.807) is 36.4 Å². The maximum Gasteiger partial charge on any atom is 0.257 e. The Morgan fingerprint density at radius 2 is 1.42 bits per heavy atom. The second-order valence-electron chi connectivity index (χ2n) is 8.03. The van der Waals surface area contributed by atoms with Gasteiger partial charge in [-0.25, -0.2) is 4.98 Å². The van der Waals surface area contributed by atoms with Crippen LogP contribution in [0.15, 0.2) is 53.9 Å². The van der Waals surface area contributed by atoms with E-state index < -0.39 is 0 Å². The van der Waals surface area contributed by atoms with Gasteiger partial charge in [0.25, 0.3) is 11.8 Å². The Morgan fingerprint density at radius 1 is 0.839 bits per heavy atom. The molecule has 3 amide bonds. The van der Waals surface area contributed by atoms with Gasteiger partial charge in [0.1, 0.15) is 0 Å². The Kier molecular flexibility index (Phi) is 6.50. The summed E-state index contributed by atoms with van der Waals surface area (Å²) in [5, 5.41) is 10.7. The summed E-state index contributed by atoms with van der Waals surface area (Å²) in [6, 6.07) is 13.8. The average molecular weight is 437 g/mol. The molecule has 0 saturated carbocycles. The maximum atomic E-state index is 12.5. The first kappa shape index (κ1) is 22.2. The smallest absolute Gasteiger partial charge is 0.257 e. The number of carbonyl (C=O) groups is 3. The van der Waals surface area contributed by atoms with Gasteiger partial charge < -0.3 is 10.6 Å². The van der Waals surface area contributed by atoms with Crippen LogP contribution in [0.2, 0.25) is 0 Å². The Morgan fingerprint density at radius 3 is 1.97 bits per heavy atom. The summed E-state index contributed by atoms with van der Waals surface area (Å²) in [6.07, 6.45) is 0. The number of rotatable bonds is 5. The number of aromatic nitrogens is 1. The minimum atomic E-state index is -0.333. The zero-order valence-corrected chi connectivity index (χ0v) is 18.6. The summed E-state index contributed by atoms with van der Waals surface area (Å²) in [6.45, 7) is 7.18. The summed E-state index contributed by atoms with van der Waals surface area (Å²) >= 11 is 1.32. The van der Waals surface area contributed by atoms with Crippen LogP contribution in [0.4, 0.5) is 10.8 Å². The monoisotopic (exact) mass is 436 g/mol. The molecule has 1 aromatic heterocycles. The Balaban J connectivity index is 1.64. The highest BCUT2D eigenvalue weighted by Gasteiger charge is 2.16. The van der Waals surface area contributed by atoms with Crippen molar-refractivity contribution in [2.24, 2.45) is 0 Å². The van der Waals surface area contributed by atoms with E-state index in [0.717, 1.165) is 11.3 Å². The van der Waals surface area contributed by atoms with Gasteiger partial charge in [0.05, 0.1) is 5.69 Å². The van der Waals surface area contributed by atoms with E-state index in [9.17, 15) is 14.4 Å². The molecule has 8 heteroatoms. The van der Waals surface area contributed by atoms with Crippen LogP contribution in [-0.4, -0.2) is 28.2 Å². The van der Waals surface area contributed by atoms with Gasteiger partial charge in [-0.15, -0.1) is 11.3 Å². The van der Waals surface area contributed by atoms with E-state index in [4.69, 9.17) is 0 Å². The van der Waals surface area contributed by atoms with Gasteiger partial charge in [-0.1, -0.05) is 12.1 Å². The first-order valence-electron chi connectivity index (χ1n) is 9.68. The molecule has 0 saturated heterocycles. The summed E-state index contributed by atoms with van der Waals surface area (Å²) in [5.41, 5.74) is 2.90. The molecular formula is C23H24N4O3S. The fraction of sp³-hybridized carbons (Fsp3) is 0.217. The molecule has 3 rings (SSSR count). The first-order valence-corrected chi connectivity index (χ1v) is 10.6. The van der Waals surface area contributed by atoms with Crippen molar-refractivity contribution in [3.8, 4) is 11.3 Å². The Labute approximate surface area is 184 Å². The summed E-state index contributed by atoms with van der Waals surface area (Å²) in [5.74, 6) is -0.618. The van der Waals surface area contributed by atoms with Crippen molar-refractivity contribution < 1.29 is 14.4 Å². The lowest BCUT2D eigenvalue weighted by molar-refractivity contribution is -0.114. The highest BCUT2D eigenvalue weighted by Crippen LogP contribution is 2.26. The molecule has 0 spiro atoms. The van der Waals surface area contributed by atoms with Crippen LogP contribution in [0.3, 0.4) is 0 Å². The number of amides is 3. The third-order valence-electron chi connectivity index (χ3n) is 4.12. The number of thiazole rings is 1. The van der Waals surface area contributed by atoms with Crippen LogP contribution in [-0.2, 0) is 4.79 Å². The predicted molar refractivity (Wildman–Crippen MR) is 123 cm³/mol. The number of hydrogen-bond donors (Lipinski definition) is 3. The third kappa shape index (κ3) is 6.23. The normalized spacial score (nSPS) is 11.0. The Hall–Kier alpha value is -3.52. The van der Waals surface area contributed by atoms with Gasteiger partial charge in [-0.3, -0.25) is 19.7 Å². The van der Waals surface area contributed by atoms with Crippen molar-refractivity contribution in [3.63, 3.8) is 0 Å². The standard InChI is InChI=1S/C23H24N4O3S/c1-14(28)24-18-11-9-15(10-12-18)19-13-31-22(25-19)26-20(29)16-5-7-17(8-6-16)21(30)27-23(2,3)4/h5-13H,1-4H3,(H,24,28)(H,27,30)(H,25,26,29). The third-order valence-corrected chi connectivity index (χ3v) is 4.88. The quantitative estimate of drug-likeness (QED) is 0.546. The molecule has 31 heavy (non-hydrogen) atoms. The topological polar surface area (TPSA) is 100 Å². The van der Waals surface area contributed by atoms with Crippen molar-refractivity contribution in [2.75, 3.05) is 10.6 Å². The fourth-order valence-electron chi connectivity index (χ4n) is 2.75. The number of nitrogens with one attached hydrogen (secondary N) is 3. The number of anilines is 2. The molecule has 160 valence electrons. The van der Waals surface area contributed by atoms with Crippen LogP contribution in [0.25, 0.3) is 11.3 Å². The molecule has 0 atom stereocenters. The molecule has 0 unspecified atom stereocenters. The molecule has 0 fully saturated rings. The molecule has 0 bridgehead atoms. The van der Waals surface area contributed by atoms with Crippen LogP contribution < -0.4 is 16.0 Å². The molecule has 3 aromatic rings. The highest BCUT2D eigenvalue weighted by molar-refractivity contribution is 7.14.